The van der Waals surface area contributed by atoms with E-state index in [0.717, 1.165) is 12.8 Å². The van der Waals surface area contributed by atoms with Gasteiger partial charge >= 0.3 is 0 Å². The third-order valence-electron chi connectivity index (χ3n) is 4.78. The highest BCUT2D eigenvalue weighted by Gasteiger charge is 2.26. The highest BCUT2D eigenvalue weighted by Crippen LogP contribution is 2.16. The Kier molecular flexibility index (Phi) is 7.19. The van der Waals surface area contributed by atoms with Gasteiger partial charge in [-0.3, -0.25) is 9.59 Å². The van der Waals surface area contributed by atoms with Gasteiger partial charge in [-0.1, -0.05) is 6.08 Å². The first-order chi connectivity index (χ1) is 14.1. The summed E-state index contributed by atoms with van der Waals surface area (Å²) in [5, 5.41) is 0. The molecule has 1 aliphatic rings. The van der Waals surface area contributed by atoms with Crippen LogP contribution < -0.4 is 0 Å². The van der Waals surface area contributed by atoms with Crippen molar-refractivity contribution in [1.29, 1.82) is 0 Å². The standard InChI is InChI=1S/C22H25FN2O4/c1-2-11-24(22(27)17-7-9-18(23)10-8-17)16-21(26)25(14-19-5-3-12-28-19)15-20-6-4-13-29-20/h2-3,5,7-10,12,20H,1,4,6,11,13-16H2/t20-/m0/s1. The molecule has 0 aliphatic carbocycles. The van der Waals surface area contributed by atoms with Gasteiger partial charge in [0.25, 0.3) is 5.91 Å². The van der Waals surface area contributed by atoms with Gasteiger partial charge in [-0.15, -0.1) is 6.58 Å². The Morgan fingerprint density at radius 3 is 2.62 bits per heavy atom. The molecule has 0 unspecified atom stereocenters. The number of amides is 2. The lowest BCUT2D eigenvalue weighted by atomic mass is 10.2. The summed E-state index contributed by atoms with van der Waals surface area (Å²) < 4.78 is 24.2. The topological polar surface area (TPSA) is 63.0 Å². The zero-order chi connectivity index (χ0) is 20.6. The fourth-order valence-corrected chi connectivity index (χ4v) is 3.29. The van der Waals surface area contributed by atoms with Gasteiger partial charge < -0.3 is 19.0 Å². The molecule has 1 fully saturated rings. The largest absolute Gasteiger partial charge is 0.467 e. The molecule has 2 heterocycles. The molecule has 7 heteroatoms. The molecular formula is C22H25FN2O4. The molecule has 29 heavy (non-hydrogen) atoms. The fourth-order valence-electron chi connectivity index (χ4n) is 3.29. The lowest BCUT2D eigenvalue weighted by Crippen LogP contribution is -2.45. The van der Waals surface area contributed by atoms with Gasteiger partial charge in [-0.05, 0) is 49.2 Å². The molecular weight excluding hydrogens is 375 g/mol. The quantitative estimate of drug-likeness (QED) is 0.606. The van der Waals surface area contributed by atoms with Crippen LogP contribution in [0.1, 0.15) is 29.0 Å². The first-order valence-corrected chi connectivity index (χ1v) is 9.64. The number of halogens is 1. The van der Waals surface area contributed by atoms with Crippen molar-refractivity contribution in [2.24, 2.45) is 0 Å². The number of carbonyl (C=O) groups excluding carboxylic acids is 2. The molecule has 3 rings (SSSR count). The van der Waals surface area contributed by atoms with Gasteiger partial charge in [0, 0.05) is 25.3 Å². The summed E-state index contributed by atoms with van der Waals surface area (Å²) in [6.07, 6.45) is 4.97. The van der Waals surface area contributed by atoms with E-state index in [2.05, 4.69) is 6.58 Å². The second-order valence-electron chi connectivity index (χ2n) is 6.97. The number of furan rings is 1. The van der Waals surface area contributed by atoms with Crippen molar-refractivity contribution in [2.75, 3.05) is 26.2 Å². The zero-order valence-corrected chi connectivity index (χ0v) is 16.3. The van der Waals surface area contributed by atoms with E-state index < -0.39 is 5.82 Å². The van der Waals surface area contributed by atoms with Crippen LogP contribution in [0.15, 0.2) is 59.7 Å². The minimum Gasteiger partial charge on any atom is -0.467 e. The fraction of sp³-hybridized carbons (Fsp3) is 0.364. The van der Waals surface area contributed by atoms with Gasteiger partial charge in [-0.2, -0.15) is 0 Å². The molecule has 154 valence electrons. The Balaban J connectivity index is 1.72. The smallest absolute Gasteiger partial charge is 0.254 e. The van der Waals surface area contributed by atoms with E-state index in [1.165, 1.54) is 29.2 Å². The minimum absolute atomic E-state index is 0.0189. The summed E-state index contributed by atoms with van der Waals surface area (Å²) in [5.74, 6) is -0.326. The first-order valence-electron chi connectivity index (χ1n) is 9.64. The maximum Gasteiger partial charge on any atom is 0.254 e. The third kappa shape index (κ3) is 5.77. The van der Waals surface area contributed by atoms with Crippen LogP contribution in [0.2, 0.25) is 0 Å². The zero-order valence-electron chi connectivity index (χ0n) is 16.3. The van der Waals surface area contributed by atoms with Crippen molar-refractivity contribution < 1.29 is 23.1 Å². The Bertz CT molecular complexity index is 814. The average molecular weight is 400 g/mol. The van der Waals surface area contributed by atoms with Crippen LogP contribution in [-0.4, -0.2) is 54.0 Å². The van der Waals surface area contributed by atoms with Gasteiger partial charge in [0.15, 0.2) is 0 Å². The van der Waals surface area contributed by atoms with Gasteiger partial charge in [0.1, 0.15) is 18.1 Å². The third-order valence-corrected chi connectivity index (χ3v) is 4.78. The van der Waals surface area contributed by atoms with E-state index in [1.54, 1.807) is 29.4 Å². The number of rotatable bonds is 9. The van der Waals surface area contributed by atoms with Gasteiger partial charge in [-0.25, -0.2) is 4.39 Å². The Morgan fingerprint density at radius 1 is 1.21 bits per heavy atom. The highest BCUT2D eigenvalue weighted by molar-refractivity contribution is 5.96. The number of benzene rings is 1. The van der Waals surface area contributed by atoms with Crippen LogP contribution in [0.3, 0.4) is 0 Å². The van der Waals surface area contributed by atoms with Crippen molar-refractivity contribution in [3.63, 3.8) is 0 Å². The second-order valence-corrected chi connectivity index (χ2v) is 6.97. The summed E-state index contributed by atoms with van der Waals surface area (Å²) in [4.78, 5) is 28.9. The van der Waals surface area contributed by atoms with Crippen molar-refractivity contribution in [1.82, 2.24) is 9.80 Å². The first kappa shape index (κ1) is 20.8. The summed E-state index contributed by atoms with van der Waals surface area (Å²) in [5.41, 5.74) is 0.317. The van der Waals surface area contributed by atoms with E-state index in [0.29, 0.717) is 31.0 Å². The number of hydrogen-bond acceptors (Lipinski definition) is 4. The van der Waals surface area contributed by atoms with E-state index in [9.17, 15) is 14.0 Å². The molecule has 0 spiro atoms. The maximum atomic E-state index is 13.2. The van der Waals surface area contributed by atoms with Crippen LogP contribution in [0, 0.1) is 5.82 Å². The van der Waals surface area contributed by atoms with E-state index in [1.807, 2.05) is 0 Å². The summed E-state index contributed by atoms with van der Waals surface area (Å²) in [6.45, 7) is 5.20. The SMILES string of the molecule is C=CCN(CC(=O)N(Cc1ccco1)C[C@@H]1CCCO1)C(=O)c1ccc(F)cc1. The Morgan fingerprint density at radius 2 is 2.00 bits per heavy atom. The van der Waals surface area contributed by atoms with Crippen LogP contribution in [0.25, 0.3) is 0 Å². The maximum absolute atomic E-state index is 13.2. The molecule has 0 bridgehead atoms. The molecule has 6 nitrogen and oxygen atoms in total. The van der Waals surface area contributed by atoms with Crippen molar-refractivity contribution >= 4 is 11.8 Å². The predicted molar refractivity (Wildman–Crippen MR) is 106 cm³/mol. The van der Waals surface area contributed by atoms with E-state index >= 15 is 0 Å². The summed E-state index contributed by atoms with van der Waals surface area (Å²) >= 11 is 0. The van der Waals surface area contributed by atoms with Crippen molar-refractivity contribution in [3.8, 4) is 0 Å². The molecule has 1 aromatic carbocycles. The number of carbonyl (C=O) groups is 2. The molecule has 1 saturated heterocycles. The molecule has 0 radical (unpaired) electrons. The summed E-state index contributed by atoms with van der Waals surface area (Å²) in [7, 11) is 0. The molecule has 1 atom stereocenters. The normalized spacial score (nSPS) is 15.8. The number of ether oxygens (including phenoxy) is 1. The number of nitrogens with zero attached hydrogens (tertiary/aromatic N) is 2. The van der Waals surface area contributed by atoms with Crippen LogP contribution in [0.4, 0.5) is 4.39 Å². The molecule has 0 N–H and O–H groups in total. The van der Waals surface area contributed by atoms with Crippen LogP contribution in [0.5, 0.6) is 0 Å². The highest BCUT2D eigenvalue weighted by atomic mass is 19.1. The van der Waals surface area contributed by atoms with Crippen LogP contribution >= 0.6 is 0 Å². The average Bonchev–Trinajstić information content (AvgIpc) is 3.41. The summed E-state index contributed by atoms with van der Waals surface area (Å²) in [6, 6.07) is 8.84. The molecule has 2 aromatic rings. The Labute approximate surface area is 169 Å². The van der Waals surface area contributed by atoms with Gasteiger partial charge in [0.05, 0.1) is 18.9 Å². The predicted octanol–water partition coefficient (Wildman–Crippen LogP) is 3.25. The molecule has 2 amide bonds. The van der Waals surface area contributed by atoms with Crippen LogP contribution in [-0.2, 0) is 16.1 Å². The molecule has 1 aliphatic heterocycles. The molecule has 1 aromatic heterocycles. The molecule has 0 saturated carbocycles. The lowest BCUT2D eigenvalue weighted by Gasteiger charge is -2.28. The number of hydrogen-bond donors (Lipinski definition) is 0. The van der Waals surface area contributed by atoms with Crippen molar-refractivity contribution in [2.45, 2.75) is 25.5 Å². The second kappa shape index (κ2) is 10.0. The van der Waals surface area contributed by atoms with Gasteiger partial charge in [0.2, 0.25) is 5.91 Å². The monoisotopic (exact) mass is 400 g/mol. The van der Waals surface area contributed by atoms with E-state index in [-0.39, 0.29) is 31.0 Å². The minimum atomic E-state index is -0.422. The Hall–Kier alpha value is -2.93. The lowest BCUT2D eigenvalue weighted by molar-refractivity contribution is -0.134. The van der Waals surface area contributed by atoms with E-state index in [4.69, 9.17) is 9.15 Å². The van der Waals surface area contributed by atoms with Crippen molar-refractivity contribution in [3.05, 3.63) is 72.5 Å².